The third kappa shape index (κ3) is 2.59. The molecule has 2 aliphatic rings. The molecular weight excluding hydrogens is 347 g/mol. The summed E-state index contributed by atoms with van der Waals surface area (Å²) >= 11 is -0.808. The first-order valence-electron chi connectivity index (χ1n) is 7.92. The van der Waals surface area contributed by atoms with Crippen molar-refractivity contribution in [2.24, 2.45) is 16.7 Å². The minimum atomic E-state index is -0.808. The standard InChI is InChI=1S/C18H27OSe.ClH/c1-4-20(15-8-6-5-7-9-15)13-18-11-10-14(12-16(18)19)17(18,2)3;/h5-9,14,16,19H,4,10-13H2,1-3H3;1H/q+1;/p-1/t14-,16-,18-,20?;/m1./s1. The Kier molecular flexibility index (Phi) is 5.15. The first-order chi connectivity index (χ1) is 9.51. The number of aliphatic hydroxyl groups excluding tert-OH is 1. The number of aliphatic hydroxyl groups is 1. The fraction of sp³-hybridized carbons (Fsp3) is 0.667. The molecule has 0 spiro atoms. The molecule has 0 aliphatic heterocycles. The summed E-state index contributed by atoms with van der Waals surface area (Å²) in [6, 6.07) is 11.1. The Balaban J connectivity index is 0.00000161. The van der Waals surface area contributed by atoms with Crippen LogP contribution in [0, 0.1) is 16.7 Å². The zero-order chi connectivity index (χ0) is 14.4. The number of rotatable bonds is 4. The predicted octanol–water partition coefficient (Wildman–Crippen LogP) is 0.600. The van der Waals surface area contributed by atoms with Gasteiger partial charge in [0.05, 0.1) is 0 Å². The first kappa shape index (κ1) is 17.3. The molecule has 1 aromatic carbocycles. The third-order valence-corrected chi connectivity index (χ3v) is 11.5. The zero-order valence-electron chi connectivity index (χ0n) is 13.3. The Morgan fingerprint density at radius 3 is 2.38 bits per heavy atom. The van der Waals surface area contributed by atoms with Crippen molar-refractivity contribution in [2.75, 3.05) is 0 Å². The van der Waals surface area contributed by atoms with Crippen LogP contribution in [0.1, 0.15) is 40.0 Å². The van der Waals surface area contributed by atoms with E-state index in [0.717, 1.165) is 12.3 Å². The molecular formula is C18H27ClOSe. The monoisotopic (exact) mass is 374 g/mol. The molecule has 2 saturated carbocycles. The summed E-state index contributed by atoms with van der Waals surface area (Å²) in [6.07, 6.45) is 3.57. The molecule has 0 amide bonds. The van der Waals surface area contributed by atoms with Gasteiger partial charge in [-0.2, -0.15) is 0 Å². The second kappa shape index (κ2) is 6.24. The average Bonchev–Trinajstić information content (AvgIpc) is 2.80. The molecule has 1 unspecified atom stereocenters. The SMILES string of the molecule is CC[Se+](C[C@]12CC[C@H](C[C@H]1O)C2(C)C)c1ccccc1.[Cl-]. The van der Waals surface area contributed by atoms with E-state index in [1.54, 1.807) is 4.46 Å². The smallest absolute Gasteiger partial charge is 1.00 e. The van der Waals surface area contributed by atoms with Gasteiger partial charge >= 0.3 is 127 Å². The van der Waals surface area contributed by atoms with Crippen LogP contribution in [-0.2, 0) is 0 Å². The molecule has 118 valence electrons. The van der Waals surface area contributed by atoms with Gasteiger partial charge in [-0.3, -0.25) is 0 Å². The molecule has 0 aromatic heterocycles. The summed E-state index contributed by atoms with van der Waals surface area (Å²) in [5.41, 5.74) is 0.534. The van der Waals surface area contributed by atoms with E-state index in [1.165, 1.54) is 23.5 Å². The quantitative estimate of drug-likeness (QED) is 0.766. The summed E-state index contributed by atoms with van der Waals surface area (Å²) in [6.45, 7) is 7.19. The van der Waals surface area contributed by atoms with Crippen molar-refractivity contribution in [3.05, 3.63) is 30.3 Å². The van der Waals surface area contributed by atoms with Gasteiger partial charge in [-0.1, -0.05) is 0 Å². The Morgan fingerprint density at radius 2 is 1.90 bits per heavy atom. The maximum Gasteiger partial charge on any atom is -1.00 e. The predicted molar refractivity (Wildman–Crippen MR) is 86.7 cm³/mol. The fourth-order valence-electron chi connectivity index (χ4n) is 4.66. The van der Waals surface area contributed by atoms with Crippen LogP contribution in [0.15, 0.2) is 30.3 Å². The third-order valence-electron chi connectivity index (χ3n) is 6.25. The van der Waals surface area contributed by atoms with Crippen LogP contribution >= 0.6 is 0 Å². The largest absolute Gasteiger partial charge is 1.00 e. The first-order valence-corrected chi connectivity index (χ1v) is 11.2. The Morgan fingerprint density at radius 1 is 1.24 bits per heavy atom. The molecule has 4 atom stereocenters. The Labute approximate surface area is 139 Å². The number of hydrogen-bond acceptors (Lipinski definition) is 1. The number of halogens is 1. The molecule has 0 saturated heterocycles. The Hall–Kier alpha value is -0.0105. The molecule has 1 aromatic rings. The van der Waals surface area contributed by atoms with Gasteiger partial charge in [-0.05, 0) is 0 Å². The summed E-state index contributed by atoms with van der Waals surface area (Å²) < 4.78 is 1.57. The van der Waals surface area contributed by atoms with E-state index in [0.29, 0.717) is 5.41 Å². The van der Waals surface area contributed by atoms with Gasteiger partial charge in [0.2, 0.25) is 0 Å². The van der Waals surface area contributed by atoms with Crippen LogP contribution < -0.4 is 16.9 Å². The minimum absolute atomic E-state index is 0. The van der Waals surface area contributed by atoms with Crippen LogP contribution in [-0.4, -0.2) is 25.1 Å². The second-order valence-electron chi connectivity index (χ2n) is 7.10. The van der Waals surface area contributed by atoms with E-state index in [-0.39, 0.29) is 23.9 Å². The number of fused-ring (bicyclic) bond motifs is 2. The molecule has 3 heteroatoms. The van der Waals surface area contributed by atoms with Crippen molar-refractivity contribution in [3.8, 4) is 0 Å². The van der Waals surface area contributed by atoms with Gasteiger partial charge in [0.15, 0.2) is 0 Å². The molecule has 0 heterocycles. The normalized spacial score (nSPS) is 34.5. The van der Waals surface area contributed by atoms with Crippen molar-refractivity contribution in [3.63, 3.8) is 0 Å². The van der Waals surface area contributed by atoms with Gasteiger partial charge in [0, 0.05) is 0 Å². The fourth-order valence-corrected chi connectivity index (χ4v) is 10.1. The van der Waals surface area contributed by atoms with Gasteiger partial charge in [-0.15, -0.1) is 0 Å². The summed E-state index contributed by atoms with van der Waals surface area (Å²) in [5.74, 6) is 0.748. The van der Waals surface area contributed by atoms with E-state index >= 15 is 0 Å². The molecule has 0 radical (unpaired) electrons. The summed E-state index contributed by atoms with van der Waals surface area (Å²) in [5, 5.41) is 13.3. The maximum atomic E-state index is 10.7. The molecule has 2 aliphatic carbocycles. The van der Waals surface area contributed by atoms with Crippen LogP contribution in [0.2, 0.25) is 10.6 Å². The van der Waals surface area contributed by atoms with Crippen LogP contribution in [0.5, 0.6) is 0 Å². The molecule has 2 fully saturated rings. The number of hydrogen-bond donors (Lipinski definition) is 1. The topological polar surface area (TPSA) is 20.2 Å². The van der Waals surface area contributed by atoms with Gasteiger partial charge in [0.25, 0.3) is 0 Å². The van der Waals surface area contributed by atoms with Crippen LogP contribution in [0.4, 0.5) is 0 Å². The summed E-state index contributed by atoms with van der Waals surface area (Å²) in [7, 11) is 0. The zero-order valence-corrected chi connectivity index (χ0v) is 15.8. The maximum absolute atomic E-state index is 10.7. The van der Waals surface area contributed by atoms with Crippen molar-refractivity contribution >= 4 is 18.4 Å². The van der Waals surface area contributed by atoms with Gasteiger partial charge in [0.1, 0.15) is 0 Å². The van der Waals surface area contributed by atoms with Crippen molar-refractivity contribution < 1.29 is 17.5 Å². The van der Waals surface area contributed by atoms with E-state index in [2.05, 4.69) is 51.1 Å². The van der Waals surface area contributed by atoms with Crippen molar-refractivity contribution in [1.29, 1.82) is 0 Å². The van der Waals surface area contributed by atoms with Crippen molar-refractivity contribution in [1.82, 2.24) is 0 Å². The number of benzene rings is 1. The summed E-state index contributed by atoms with van der Waals surface area (Å²) in [4.78, 5) is 0. The van der Waals surface area contributed by atoms with E-state index in [4.69, 9.17) is 0 Å². The van der Waals surface area contributed by atoms with E-state index < -0.39 is 13.9 Å². The molecule has 21 heavy (non-hydrogen) atoms. The molecule has 2 bridgehead atoms. The average molecular weight is 374 g/mol. The molecule has 3 rings (SSSR count). The molecule has 1 N–H and O–H groups in total. The van der Waals surface area contributed by atoms with Gasteiger partial charge in [-0.25, -0.2) is 0 Å². The van der Waals surface area contributed by atoms with Gasteiger partial charge < -0.3 is 12.4 Å². The van der Waals surface area contributed by atoms with Crippen molar-refractivity contribution in [2.45, 2.75) is 56.8 Å². The van der Waals surface area contributed by atoms with E-state index in [1.807, 2.05) is 0 Å². The minimum Gasteiger partial charge on any atom is -1.00 e. The second-order valence-corrected chi connectivity index (χ2v) is 12.0. The van der Waals surface area contributed by atoms with Crippen LogP contribution in [0.3, 0.4) is 0 Å². The Bertz CT molecular complexity index is 475. The van der Waals surface area contributed by atoms with Crippen LogP contribution in [0.25, 0.3) is 0 Å². The van der Waals surface area contributed by atoms with E-state index in [9.17, 15) is 5.11 Å². The molecule has 1 nitrogen and oxygen atoms in total.